The molecule has 4 rings (SSSR count). The molecule has 28 heavy (non-hydrogen) atoms. The first-order chi connectivity index (χ1) is 13.8. The zero-order chi connectivity index (χ0) is 19.3. The molecule has 0 aliphatic heterocycles. The molecule has 0 spiro atoms. The number of hydrogen-bond donors (Lipinski definition) is 0. The minimum absolute atomic E-state index is 0.464. The molecule has 0 heterocycles. The fourth-order valence-corrected chi connectivity index (χ4v) is 8.40. The molecule has 150 valence electrons. The summed E-state index contributed by atoms with van der Waals surface area (Å²) in [5.74, 6) is 2.73. The lowest BCUT2D eigenvalue weighted by Gasteiger charge is -2.47. The summed E-state index contributed by atoms with van der Waals surface area (Å²) in [5, 5.41) is 2.99. The Morgan fingerprint density at radius 2 is 1.18 bits per heavy atom. The predicted octanol–water partition coefficient (Wildman–Crippen LogP) is 6.35. The second kappa shape index (κ2) is 9.55. The van der Waals surface area contributed by atoms with Gasteiger partial charge >= 0.3 is 0 Å². The first kappa shape index (κ1) is 20.1. The molecule has 2 aliphatic rings. The van der Waals surface area contributed by atoms with E-state index in [9.17, 15) is 0 Å². The van der Waals surface area contributed by atoms with Crippen LogP contribution in [0.25, 0.3) is 0 Å². The normalized spacial score (nSPS) is 28.6. The molecule has 0 aromatic heterocycles. The van der Waals surface area contributed by atoms with E-state index in [1.807, 2.05) is 0 Å². The lowest BCUT2D eigenvalue weighted by molar-refractivity contribution is 0.0841. The topological polar surface area (TPSA) is 3.24 Å². The minimum Gasteiger partial charge on any atom is -0.275 e. The molecule has 2 heteroatoms. The van der Waals surface area contributed by atoms with Crippen LogP contribution in [0.4, 0.5) is 0 Å². The molecule has 2 fully saturated rings. The van der Waals surface area contributed by atoms with E-state index in [1.54, 1.807) is 0 Å². The van der Waals surface area contributed by atoms with E-state index in [2.05, 4.69) is 79.3 Å². The van der Waals surface area contributed by atoms with Crippen molar-refractivity contribution in [2.45, 2.75) is 64.3 Å². The summed E-state index contributed by atoms with van der Waals surface area (Å²) in [7, 11) is 1.97. The van der Waals surface area contributed by atoms with Gasteiger partial charge in [0.05, 0.1) is 0 Å². The van der Waals surface area contributed by atoms with Crippen LogP contribution in [0.2, 0.25) is 0 Å². The molecule has 2 unspecified atom stereocenters. The van der Waals surface area contributed by atoms with Crippen molar-refractivity contribution >= 4 is 18.7 Å². The molecule has 4 atom stereocenters. The average Bonchev–Trinajstić information content (AvgIpc) is 2.76. The number of rotatable bonds is 5. The predicted molar refractivity (Wildman–Crippen MR) is 124 cm³/mol. The first-order valence-corrected chi connectivity index (χ1v) is 12.7. The van der Waals surface area contributed by atoms with Gasteiger partial charge in [-0.05, 0) is 54.7 Å². The molecule has 0 bridgehead atoms. The van der Waals surface area contributed by atoms with Crippen LogP contribution in [0.1, 0.15) is 58.3 Å². The van der Waals surface area contributed by atoms with Crippen LogP contribution in [0.3, 0.4) is 0 Å². The van der Waals surface area contributed by atoms with E-state index in [1.165, 1.54) is 62.0 Å². The van der Waals surface area contributed by atoms with E-state index < -0.39 is 8.07 Å². The largest absolute Gasteiger partial charge is 0.275 e. The Morgan fingerprint density at radius 1 is 0.679 bits per heavy atom. The second-order valence-corrected chi connectivity index (χ2v) is 11.3. The van der Waals surface area contributed by atoms with Crippen molar-refractivity contribution in [3.8, 4) is 0 Å². The lowest BCUT2D eigenvalue weighted by Crippen LogP contribution is -2.45. The quantitative estimate of drug-likeness (QED) is 0.535. The van der Waals surface area contributed by atoms with Crippen molar-refractivity contribution in [2.75, 3.05) is 7.05 Å². The smallest absolute Gasteiger partial charge is 0.0281 e. The van der Waals surface area contributed by atoms with Gasteiger partial charge in [0, 0.05) is 14.1 Å². The van der Waals surface area contributed by atoms with Crippen LogP contribution in [-0.2, 0) is 0 Å². The summed E-state index contributed by atoms with van der Waals surface area (Å²) in [4.78, 5) is 0. The van der Waals surface area contributed by atoms with Crippen molar-refractivity contribution in [3.05, 3.63) is 60.7 Å². The third-order valence-corrected chi connectivity index (χ3v) is 9.81. The summed E-state index contributed by atoms with van der Waals surface area (Å²) in [6.07, 6.45) is 11.5. The lowest BCUT2D eigenvalue weighted by atomic mass is 9.67. The van der Waals surface area contributed by atoms with Crippen molar-refractivity contribution in [1.29, 1.82) is 0 Å². The summed E-state index contributed by atoms with van der Waals surface area (Å²) in [6.45, 7) is 2.53. The van der Waals surface area contributed by atoms with Crippen LogP contribution < -0.4 is 10.6 Å². The van der Waals surface area contributed by atoms with Gasteiger partial charge < -0.3 is 0 Å². The molecule has 2 aromatic carbocycles. The zero-order valence-electron chi connectivity index (χ0n) is 17.6. The summed E-state index contributed by atoms with van der Waals surface area (Å²) in [6, 6.07) is 23.2. The van der Waals surface area contributed by atoms with Crippen molar-refractivity contribution in [1.82, 2.24) is 4.67 Å². The first-order valence-electron chi connectivity index (χ1n) is 11.4. The molecule has 2 saturated carbocycles. The summed E-state index contributed by atoms with van der Waals surface area (Å²) < 4.78 is 2.81. The fraction of sp³-hybridized carbons (Fsp3) is 0.538. The second-order valence-electron chi connectivity index (χ2n) is 9.00. The highest BCUT2D eigenvalue weighted by Crippen LogP contribution is 2.48. The maximum Gasteiger partial charge on any atom is 0.0281 e. The standard InChI is InChI=1S/C26H36NP/c1-21-13-9-10-18-24(21)25-19-11-12-20-26(25)27(2)28(22-14-5-3-6-15-22)23-16-7-4-8-17-23/h3-8,14-17,21,24-26H,9-13,18-20H2,1-2H3/t21?,24?,25-,26+/m0/s1. The molecule has 0 saturated heterocycles. The van der Waals surface area contributed by atoms with Crippen LogP contribution >= 0.6 is 8.07 Å². The molecule has 2 aromatic rings. The van der Waals surface area contributed by atoms with Gasteiger partial charge in [0.1, 0.15) is 0 Å². The number of hydrogen-bond acceptors (Lipinski definition) is 1. The van der Waals surface area contributed by atoms with Gasteiger partial charge in [0.15, 0.2) is 0 Å². The highest BCUT2D eigenvalue weighted by atomic mass is 31.1. The third-order valence-electron chi connectivity index (χ3n) is 7.31. The minimum atomic E-state index is -0.464. The highest BCUT2D eigenvalue weighted by Gasteiger charge is 2.39. The maximum atomic E-state index is 2.81. The Hall–Kier alpha value is -1.17. The van der Waals surface area contributed by atoms with Gasteiger partial charge in [-0.15, -0.1) is 0 Å². The monoisotopic (exact) mass is 393 g/mol. The average molecular weight is 394 g/mol. The molecule has 1 nitrogen and oxygen atoms in total. The Kier molecular flexibility index (Phi) is 6.86. The van der Waals surface area contributed by atoms with Crippen molar-refractivity contribution in [2.24, 2.45) is 17.8 Å². The van der Waals surface area contributed by atoms with E-state index in [4.69, 9.17) is 0 Å². The molecule has 0 radical (unpaired) electrons. The number of nitrogens with zero attached hydrogens (tertiary/aromatic N) is 1. The van der Waals surface area contributed by atoms with E-state index in [0.29, 0.717) is 0 Å². The van der Waals surface area contributed by atoms with E-state index >= 15 is 0 Å². The molecular formula is C26H36NP. The molecule has 0 amide bonds. The molecule has 2 aliphatic carbocycles. The Morgan fingerprint density at radius 3 is 1.75 bits per heavy atom. The Balaban J connectivity index is 1.65. The molecule has 0 N–H and O–H groups in total. The highest BCUT2D eigenvalue weighted by molar-refractivity contribution is 7.70. The van der Waals surface area contributed by atoms with Crippen molar-refractivity contribution < 1.29 is 0 Å². The molecular weight excluding hydrogens is 357 g/mol. The fourth-order valence-electron chi connectivity index (χ4n) is 5.88. The van der Waals surface area contributed by atoms with E-state index in [-0.39, 0.29) is 0 Å². The number of benzene rings is 2. The zero-order valence-corrected chi connectivity index (χ0v) is 18.5. The Labute approximate surface area is 173 Å². The summed E-state index contributed by atoms with van der Waals surface area (Å²) in [5.41, 5.74) is 0. The van der Waals surface area contributed by atoms with Gasteiger partial charge in [-0.25, -0.2) is 0 Å². The van der Waals surface area contributed by atoms with Gasteiger partial charge in [-0.3, -0.25) is 4.67 Å². The van der Waals surface area contributed by atoms with Crippen LogP contribution in [0.5, 0.6) is 0 Å². The van der Waals surface area contributed by atoms with Gasteiger partial charge in [-0.2, -0.15) is 0 Å². The third kappa shape index (κ3) is 4.37. The van der Waals surface area contributed by atoms with Gasteiger partial charge in [-0.1, -0.05) is 99.7 Å². The van der Waals surface area contributed by atoms with E-state index in [0.717, 1.165) is 23.8 Å². The maximum absolute atomic E-state index is 2.81. The van der Waals surface area contributed by atoms with Crippen LogP contribution in [0.15, 0.2) is 60.7 Å². The van der Waals surface area contributed by atoms with Crippen LogP contribution in [0, 0.1) is 17.8 Å². The van der Waals surface area contributed by atoms with Gasteiger partial charge in [0.2, 0.25) is 0 Å². The van der Waals surface area contributed by atoms with Gasteiger partial charge in [0.25, 0.3) is 0 Å². The van der Waals surface area contributed by atoms with Crippen molar-refractivity contribution in [3.63, 3.8) is 0 Å². The SMILES string of the molecule is CC1CCCCC1[C@@H]1CCCC[C@H]1N(C)P(c1ccccc1)c1ccccc1. The summed E-state index contributed by atoms with van der Waals surface area (Å²) >= 11 is 0. The Bertz CT molecular complexity index is 676. The van der Waals surface area contributed by atoms with Crippen LogP contribution in [-0.4, -0.2) is 17.8 Å².